The van der Waals surface area contributed by atoms with Gasteiger partial charge in [-0.25, -0.2) is 0 Å². The smallest absolute Gasteiger partial charge is 0.306 e. The van der Waals surface area contributed by atoms with E-state index < -0.39 is 6.10 Å². The Bertz CT molecular complexity index is 843. The zero-order chi connectivity index (χ0) is 39.9. The first-order chi connectivity index (χ1) is 26.2. The van der Waals surface area contributed by atoms with Gasteiger partial charge in [-0.3, -0.25) is 14.4 Å². The van der Waals surface area contributed by atoms with E-state index in [1.807, 2.05) is 0 Å². The molecule has 4 atom stereocenters. The summed E-state index contributed by atoms with van der Waals surface area (Å²) in [5.74, 6) is 1.67. The summed E-state index contributed by atoms with van der Waals surface area (Å²) in [5, 5.41) is 0. The maximum atomic E-state index is 12.7. The minimum absolute atomic E-state index is 0.0667. The van der Waals surface area contributed by atoms with Gasteiger partial charge in [0.2, 0.25) is 0 Å². The number of carbonyl (C=O) groups is 3. The SMILES string of the molecule is CCC(C)CCCCCCCCCCCCC(=O)O[C@H](COC(=O)CCCCCCCCCCC(C)CC)COC(=O)CCCCCCCCC(C)CC. The first kappa shape index (κ1) is 52.4. The van der Waals surface area contributed by atoms with E-state index in [1.54, 1.807) is 0 Å². The molecule has 54 heavy (non-hydrogen) atoms. The van der Waals surface area contributed by atoms with Crippen molar-refractivity contribution in [1.82, 2.24) is 0 Å². The lowest BCUT2D eigenvalue weighted by Gasteiger charge is -2.18. The maximum Gasteiger partial charge on any atom is 0.306 e. The molecular weight excluding hydrogens is 673 g/mol. The van der Waals surface area contributed by atoms with Crippen molar-refractivity contribution in [3.05, 3.63) is 0 Å². The first-order valence-corrected chi connectivity index (χ1v) is 23.7. The van der Waals surface area contributed by atoms with E-state index in [2.05, 4.69) is 41.5 Å². The van der Waals surface area contributed by atoms with Crippen molar-refractivity contribution in [1.29, 1.82) is 0 Å². The van der Waals surface area contributed by atoms with Gasteiger partial charge in [0.05, 0.1) is 0 Å². The third-order valence-electron chi connectivity index (χ3n) is 11.7. The van der Waals surface area contributed by atoms with Crippen LogP contribution in [0.2, 0.25) is 0 Å². The fourth-order valence-electron chi connectivity index (χ4n) is 6.96. The summed E-state index contributed by atoms with van der Waals surface area (Å²) in [6.07, 6.45) is 36.5. The summed E-state index contributed by atoms with van der Waals surface area (Å²) in [6, 6.07) is 0. The topological polar surface area (TPSA) is 78.9 Å². The lowest BCUT2D eigenvalue weighted by atomic mass is 9.99. The quantitative estimate of drug-likeness (QED) is 0.0350. The summed E-state index contributed by atoms with van der Waals surface area (Å²) >= 11 is 0. The van der Waals surface area contributed by atoms with Crippen LogP contribution in [0.15, 0.2) is 0 Å². The van der Waals surface area contributed by atoms with Crippen molar-refractivity contribution < 1.29 is 28.6 Å². The summed E-state index contributed by atoms with van der Waals surface area (Å²) in [6.45, 7) is 13.7. The lowest BCUT2D eigenvalue weighted by molar-refractivity contribution is -0.167. The van der Waals surface area contributed by atoms with Gasteiger partial charge in [-0.15, -0.1) is 0 Å². The molecule has 0 aromatic rings. The number of carbonyl (C=O) groups excluding carboxylic acids is 3. The van der Waals surface area contributed by atoms with Crippen LogP contribution in [0.25, 0.3) is 0 Å². The molecule has 0 heterocycles. The third-order valence-corrected chi connectivity index (χ3v) is 11.7. The maximum absolute atomic E-state index is 12.7. The Labute approximate surface area is 336 Å². The monoisotopic (exact) mass is 765 g/mol. The van der Waals surface area contributed by atoms with E-state index in [9.17, 15) is 14.4 Å². The molecule has 0 rings (SSSR count). The number of hydrogen-bond donors (Lipinski definition) is 0. The molecule has 0 amide bonds. The molecular formula is C48H92O6. The van der Waals surface area contributed by atoms with Gasteiger partial charge in [0, 0.05) is 19.3 Å². The van der Waals surface area contributed by atoms with E-state index in [-0.39, 0.29) is 31.1 Å². The fourth-order valence-corrected chi connectivity index (χ4v) is 6.96. The second kappa shape index (κ2) is 39.6. The van der Waals surface area contributed by atoms with Gasteiger partial charge in [0.15, 0.2) is 6.10 Å². The molecule has 0 saturated carbocycles. The van der Waals surface area contributed by atoms with Crippen molar-refractivity contribution in [3.8, 4) is 0 Å². The van der Waals surface area contributed by atoms with Crippen molar-refractivity contribution in [3.63, 3.8) is 0 Å². The molecule has 0 aromatic carbocycles. The van der Waals surface area contributed by atoms with Gasteiger partial charge in [-0.2, -0.15) is 0 Å². The highest BCUT2D eigenvalue weighted by Gasteiger charge is 2.19. The fraction of sp³-hybridized carbons (Fsp3) is 0.938. The van der Waals surface area contributed by atoms with Gasteiger partial charge in [0.25, 0.3) is 0 Å². The Balaban J connectivity index is 4.36. The molecule has 0 radical (unpaired) electrons. The molecule has 0 fully saturated rings. The minimum Gasteiger partial charge on any atom is -0.462 e. The normalized spacial score (nSPS) is 13.7. The summed E-state index contributed by atoms with van der Waals surface area (Å²) < 4.78 is 16.7. The van der Waals surface area contributed by atoms with Gasteiger partial charge < -0.3 is 14.2 Å². The minimum atomic E-state index is -0.763. The van der Waals surface area contributed by atoms with Crippen LogP contribution in [0, 0.1) is 17.8 Å². The molecule has 0 spiro atoms. The Kier molecular flexibility index (Phi) is 38.5. The van der Waals surface area contributed by atoms with Crippen LogP contribution in [-0.4, -0.2) is 37.2 Å². The third kappa shape index (κ3) is 37.3. The van der Waals surface area contributed by atoms with Crippen LogP contribution in [0.1, 0.15) is 253 Å². The standard InChI is InChI=1S/C48H92O6/c1-7-42(4)34-28-22-16-12-10-11-13-19-27-33-39-48(51)54-45(41-53-47(50)38-32-26-21-20-24-30-36-44(6)9-3)40-52-46(49)37-31-25-18-15-14-17-23-29-35-43(5)8-2/h42-45H,7-41H2,1-6H3/t42?,43?,44?,45-/m1/s1. The van der Waals surface area contributed by atoms with Crippen LogP contribution in [0.5, 0.6) is 0 Å². The summed E-state index contributed by atoms with van der Waals surface area (Å²) in [7, 11) is 0. The zero-order valence-electron chi connectivity index (χ0n) is 37.0. The van der Waals surface area contributed by atoms with Crippen molar-refractivity contribution in [2.45, 2.75) is 260 Å². The molecule has 0 aliphatic rings. The van der Waals surface area contributed by atoms with Crippen LogP contribution in [0.4, 0.5) is 0 Å². The molecule has 0 aromatic heterocycles. The van der Waals surface area contributed by atoms with Crippen LogP contribution in [-0.2, 0) is 28.6 Å². The second-order valence-corrected chi connectivity index (χ2v) is 17.1. The summed E-state index contributed by atoms with van der Waals surface area (Å²) in [5.41, 5.74) is 0. The predicted octanol–water partition coefficient (Wildman–Crippen LogP) is 14.8. The molecule has 0 aliphatic carbocycles. The van der Waals surface area contributed by atoms with Crippen LogP contribution in [0.3, 0.4) is 0 Å². The molecule has 0 N–H and O–H groups in total. The van der Waals surface area contributed by atoms with E-state index in [0.29, 0.717) is 19.3 Å². The van der Waals surface area contributed by atoms with E-state index in [4.69, 9.17) is 14.2 Å². The average Bonchev–Trinajstić information content (AvgIpc) is 3.17. The predicted molar refractivity (Wildman–Crippen MR) is 229 cm³/mol. The molecule has 0 aliphatic heterocycles. The largest absolute Gasteiger partial charge is 0.462 e. The Morgan fingerprint density at radius 3 is 0.870 bits per heavy atom. The number of unbranched alkanes of at least 4 members (excludes halogenated alkanes) is 21. The highest BCUT2D eigenvalue weighted by Crippen LogP contribution is 2.18. The molecule has 6 heteroatoms. The highest BCUT2D eigenvalue weighted by atomic mass is 16.6. The molecule has 0 saturated heterocycles. The van der Waals surface area contributed by atoms with Crippen LogP contribution < -0.4 is 0 Å². The number of rotatable bonds is 41. The van der Waals surface area contributed by atoms with E-state index in [0.717, 1.165) is 75.5 Å². The number of ether oxygens (including phenoxy) is 3. The van der Waals surface area contributed by atoms with Gasteiger partial charge >= 0.3 is 17.9 Å². The van der Waals surface area contributed by atoms with Crippen molar-refractivity contribution in [2.24, 2.45) is 17.8 Å². The van der Waals surface area contributed by atoms with Gasteiger partial charge in [-0.1, -0.05) is 215 Å². The molecule has 3 unspecified atom stereocenters. The second-order valence-electron chi connectivity index (χ2n) is 17.1. The zero-order valence-corrected chi connectivity index (χ0v) is 37.0. The van der Waals surface area contributed by atoms with E-state index >= 15 is 0 Å². The molecule has 6 nitrogen and oxygen atoms in total. The Morgan fingerprint density at radius 2 is 0.593 bits per heavy atom. The van der Waals surface area contributed by atoms with Crippen molar-refractivity contribution >= 4 is 17.9 Å². The van der Waals surface area contributed by atoms with Gasteiger partial charge in [0.1, 0.15) is 13.2 Å². The average molecular weight is 765 g/mol. The molecule has 0 bridgehead atoms. The number of hydrogen-bond acceptors (Lipinski definition) is 6. The molecule has 320 valence electrons. The Morgan fingerprint density at radius 1 is 0.352 bits per heavy atom. The first-order valence-electron chi connectivity index (χ1n) is 23.7. The summed E-state index contributed by atoms with van der Waals surface area (Å²) in [4.78, 5) is 37.8. The van der Waals surface area contributed by atoms with E-state index in [1.165, 1.54) is 135 Å². The van der Waals surface area contributed by atoms with Gasteiger partial charge in [-0.05, 0) is 37.0 Å². The number of esters is 3. The van der Waals surface area contributed by atoms with Crippen molar-refractivity contribution in [2.75, 3.05) is 13.2 Å². The highest BCUT2D eigenvalue weighted by molar-refractivity contribution is 5.71. The van der Waals surface area contributed by atoms with Crippen LogP contribution >= 0.6 is 0 Å². The Hall–Kier alpha value is -1.59. The lowest BCUT2D eigenvalue weighted by Crippen LogP contribution is -2.30.